The molecular formula is C32H34N6O6. The molecule has 228 valence electrons. The molecule has 12 nitrogen and oxygen atoms in total. The van der Waals surface area contributed by atoms with Gasteiger partial charge < -0.3 is 19.1 Å². The zero-order valence-corrected chi connectivity index (χ0v) is 24.8. The number of hydrogen-bond acceptors (Lipinski definition) is 9. The molecule has 3 heterocycles. The van der Waals surface area contributed by atoms with Gasteiger partial charge in [-0.05, 0) is 55.3 Å². The Morgan fingerprint density at radius 2 is 1.73 bits per heavy atom. The van der Waals surface area contributed by atoms with Crippen molar-refractivity contribution in [3.05, 3.63) is 73.6 Å². The van der Waals surface area contributed by atoms with E-state index in [-0.39, 0.29) is 23.7 Å². The van der Waals surface area contributed by atoms with Crippen LogP contribution in [0.4, 0.5) is 10.6 Å². The third-order valence-electron chi connectivity index (χ3n) is 7.07. The van der Waals surface area contributed by atoms with E-state index < -0.39 is 18.4 Å². The predicted molar refractivity (Wildman–Crippen MR) is 163 cm³/mol. The largest absolute Gasteiger partial charge is 0.457 e. The predicted octanol–water partition coefficient (Wildman–Crippen LogP) is 5.73. The van der Waals surface area contributed by atoms with Gasteiger partial charge in [0.25, 0.3) is 0 Å². The summed E-state index contributed by atoms with van der Waals surface area (Å²) in [4.78, 5) is 47.8. The van der Waals surface area contributed by atoms with Gasteiger partial charge in [-0.15, -0.1) is 0 Å². The zero-order valence-electron chi connectivity index (χ0n) is 24.8. The standard InChI is InChI=1S/C32H34N6O6/c1-5-26(39)37-17-9-10-23(18-37)38-30-27(29(33-19-34-30)35-32(41)43-21(4)42-31(40)20(2)3)28(36-38)22-13-15-25(16-14-22)44-24-11-7-6-8-12-24/h5-8,11-16,19-21,23H,1,9-10,17-18H2,2-4H3,(H,33,34,35,41)/t21?,23-/m1/s1. The van der Waals surface area contributed by atoms with Crippen LogP contribution in [0.1, 0.15) is 39.7 Å². The van der Waals surface area contributed by atoms with Crippen molar-refractivity contribution >= 4 is 34.8 Å². The molecule has 2 aromatic carbocycles. The summed E-state index contributed by atoms with van der Waals surface area (Å²) in [6.45, 7) is 9.50. The van der Waals surface area contributed by atoms with E-state index in [9.17, 15) is 14.4 Å². The Hall–Kier alpha value is -5.26. The van der Waals surface area contributed by atoms with Gasteiger partial charge in [0, 0.05) is 25.6 Å². The molecule has 0 aliphatic carbocycles. The van der Waals surface area contributed by atoms with Crippen molar-refractivity contribution in [2.75, 3.05) is 18.4 Å². The maximum atomic E-state index is 12.9. The lowest BCUT2D eigenvalue weighted by Gasteiger charge is -2.32. The fourth-order valence-corrected chi connectivity index (χ4v) is 4.91. The van der Waals surface area contributed by atoms with E-state index in [1.54, 1.807) is 23.4 Å². The van der Waals surface area contributed by atoms with Crippen molar-refractivity contribution in [3.63, 3.8) is 0 Å². The van der Waals surface area contributed by atoms with E-state index in [4.69, 9.17) is 19.3 Å². The van der Waals surface area contributed by atoms with Crippen molar-refractivity contribution < 1.29 is 28.6 Å². The second-order valence-electron chi connectivity index (χ2n) is 10.6. The molecule has 1 N–H and O–H groups in total. The fourth-order valence-electron chi connectivity index (χ4n) is 4.91. The molecule has 0 spiro atoms. The monoisotopic (exact) mass is 598 g/mol. The van der Waals surface area contributed by atoms with Crippen LogP contribution in [0, 0.1) is 5.92 Å². The third-order valence-corrected chi connectivity index (χ3v) is 7.07. The topological polar surface area (TPSA) is 138 Å². The minimum atomic E-state index is -1.11. The lowest BCUT2D eigenvalue weighted by molar-refractivity contribution is -0.168. The van der Waals surface area contributed by atoms with E-state index in [0.29, 0.717) is 41.3 Å². The number of fused-ring (bicyclic) bond motifs is 1. The highest BCUT2D eigenvalue weighted by Gasteiger charge is 2.29. The molecule has 2 atom stereocenters. The number of carbonyl (C=O) groups is 3. The first-order chi connectivity index (χ1) is 21.2. The number of rotatable bonds is 9. The molecule has 1 fully saturated rings. The fraction of sp³-hybridized carbons (Fsp3) is 0.312. The second kappa shape index (κ2) is 13.4. The van der Waals surface area contributed by atoms with Gasteiger partial charge in [0.2, 0.25) is 12.2 Å². The molecule has 44 heavy (non-hydrogen) atoms. The zero-order chi connectivity index (χ0) is 31.2. The summed E-state index contributed by atoms with van der Waals surface area (Å²) in [5.74, 6) is 0.501. The first-order valence-corrected chi connectivity index (χ1v) is 14.4. The number of aromatic nitrogens is 4. The highest BCUT2D eigenvalue weighted by molar-refractivity contribution is 6.03. The summed E-state index contributed by atoms with van der Waals surface area (Å²) < 4.78 is 18.2. The Labute approximate surface area is 254 Å². The lowest BCUT2D eigenvalue weighted by Crippen LogP contribution is -2.40. The van der Waals surface area contributed by atoms with Crippen LogP contribution < -0.4 is 10.1 Å². The number of hydrogen-bond donors (Lipinski definition) is 1. The van der Waals surface area contributed by atoms with Gasteiger partial charge >= 0.3 is 12.1 Å². The van der Waals surface area contributed by atoms with Crippen LogP contribution in [0.25, 0.3) is 22.3 Å². The van der Waals surface area contributed by atoms with Crippen molar-refractivity contribution in [1.82, 2.24) is 24.6 Å². The molecule has 0 bridgehead atoms. The summed E-state index contributed by atoms with van der Waals surface area (Å²) in [7, 11) is 0. The van der Waals surface area contributed by atoms with Crippen molar-refractivity contribution in [1.29, 1.82) is 0 Å². The molecule has 1 aliphatic heterocycles. The van der Waals surface area contributed by atoms with Crippen molar-refractivity contribution in [2.45, 2.75) is 45.9 Å². The number of benzene rings is 2. The Morgan fingerprint density at radius 3 is 2.43 bits per heavy atom. The number of likely N-dealkylation sites (tertiary alicyclic amines) is 1. The van der Waals surface area contributed by atoms with Crippen LogP contribution in [0.5, 0.6) is 11.5 Å². The molecule has 0 saturated carbocycles. The number of piperidine rings is 1. The van der Waals surface area contributed by atoms with E-state index >= 15 is 0 Å². The number of para-hydroxylation sites is 1. The summed E-state index contributed by atoms with van der Waals surface area (Å²) in [5, 5.41) is 8.10. The van der Waals surface area contributed by atoms with Crippen LogP contribution in [-0.2, 0) is 19.1 Å². The minimum absolute atomic E-state index is 0.146. The molecule has 4 aromatic rings. The van der Waals surface area contributed by atoms with Crippen LogP contribution in [0.3, 0.4) is 0 Å². The number of amides is 2. The maximum absolute atomic E-state index is 12.9. The average Bonchev–Trinajstić information content (AvgIpc) is 3.42. The van der Waals surface area contributed by atoms with E-state index in [1.165, 1.54) is 19.3 Å². The summed E-state index contributed by atoms with van der Waals surface area (Å²) >= 11 is 0. The number of anilines is 1. The maximum Gasteiger partial charge on any atom is 0.415 e. The molecule has 2 amide bonds. The van der Waals surface area contributed by atoms with Crippen molar-refractivity contribution in [3.8, 4) is 22.8 Å². The van der Waals surface area contributed by atoms with Crippen LogP contribution >= 0.6 is 0 Å². The number of esters is 1. The Balaban J connectivity index is 1.49. The smallest absolute Gasteiger partial charge is 0.415 e. The summed E-state index contributed by atoms with van der Waals surface area (Å²) in [5.41, 5.74) is 1.73. The van der Waals surface area contributed by atoms with Crippen LogP contribution in [0.15, 0.2) is 73.6 Å². The Kier molecular flexibility index (Phi) is 9.17. The summed E-state index contributed by atoms with van der Waals surface area (Å²) in [6.07, 6.45) is 2.21. The quantitative estimate of drug-likeness (QED) is 0.145. The number of nitrogens with one attached hydrogen (secondary N) is 1. The molecule has 12 heteroatoms. The van der Waals surface area contributed by atoms with Crippen molar-refractivity contribution in [2.24, 2.45) is 5.92 Å². The summed E-state index contributed by atoms with van der Waals surface area (Å²) in [6, 6.07) is 16.6. The van der Waals surface area contributed by atoms with E-state index in [2.05, 4.69) is 21.9 Å². The molecule has 1 saturated heterocycles. The number of carbonyl (C=O) groups excluding carboxylic acids is 3. The molecule has 0 radical (unpaired) electrons. The number of ether oxygens (including phenoxy) is 3. The Morgan fingerprint density at radius 1 is 1.00 bits per heavy atom. The highest BCUT2D eigenvalue weighted by Crippen LogP contribution is 2.36. The highest BCUT2D eigenvalue weighted by atomic mass is 16.7. The van der Waals surface area contributed by atoms with Crippen LogP contribution in [0.2, 0.25) is 0 Å². The van der Waals surface area contributed by atoms with Gasteiger partial charge in [-0.3, -0.25) is 14.9 Å². The van der Waals surface area contributed by atoms with Crippen LogP contribution in [-0.4, -0.2) is 62.0 Å². The first-order valence-electron chi connectivity index (χ1n) is 14.4. The van der Waals surface area contributed by atoms with Gasteiger partial charge in [0.1, 0.15) is 23.5 Å². The molecule has 1 unspecified atom stereocenters. The van der Waals surface area contributed by atoms with Gasteiger partial charge in [0.05, 0.1) is 17.3 Å². The van der Waals surface area contributed by atoms with Gasteiger partial charge in [0.15, 0.2) is 11.5 Å². The minimum Gasteiger partial charge on any atom is -0.457 e. The Bertz CT molecular complexity index is 1650. The molecular weight excluding hydrogens is 564 g/mol. The van der Waals surface area contributed by atoms with Gasteiger partial charge in [-0.2, -0.15) is 5.10 Å². The lowest BCUT2D eigenvalue weighted by atomic mass is 10.1. The number of nitrogens with zero attached hydrogens (tertiary/aromatic N) is 5. The first kappa shape index (κ1) is 30.2. The average molecular weight is 599 g/mol. The second-order valence-corrected chi connectivity index (χ2v) is 10.6. The molecule has 5 rings (SSSR count). The van der Waals surface area contributed by atoms with E-state index in [0.717, 1.165) is 18.4 Å². The van der Waals surface area contributed by atoms with E-state index in [1.807, 2.05) is 54.6 Å². The molecule has 2 aromatic heterocycles. The normalized spacial score (nSPS) is 15.5. The van der Waals surface area contributed by atoms with Gasteiger partial charge in [-0.1, -0.05) is 38.6 Å². The molecule has 1 aliphatic rings. The third kappa shape index (κ3) is 6.86. The SMILES string of the molecule is C=CC(=O)N1CCC[C@@H](n2nc(-c3ccc(Oc4ccccc4)cc3)c3c(NC(=O)OC(C)OC(=O)C(C)C)ncnc32)C1. The van der Waals surface area contributed by atoms with Gasteiger partial charge in [-0.25, -0.2) is 19.4 Å².